The van der Waals surface area contributed by atoms with Crippen molar-refractivity contribution in [2.75, 3.05) is 32.7 Å². The van der Waals surface area contributed by atoms with Crippen molar-refractivity contribution in [3.63, 3.8) is 0 Å². The van der Waals surface area contributed by atoms with Gasteiger partial charge in [-0.3, -0.25) is 14.4 Å². The van der Waals surface area contributed by atoms with Gasteiger partial charge < -0.3 is 15.1 Å². The topological polar surface area (TPSA) is 69.7 Å². The van der Waals surface area contributed by atoms with Crippen molar-refractivity contribution < 1.29 is 14.4 Å². The third kappa shape index (κ3) is 3.54. The molecule has 0 aromatic carbocycles. The summed E-state index contributed by atoms with van der Waals surface area (Å²) in [6, 6.07) is 0. The van der Waals surface area contributed by atoms with E-state index >= 15 is 0 Å². The summed E-state index contributed by atoms with van der Waals surface area (Å²) < 4.78 is 0. The van der Waals surface area contributed by atoms with E-state index in [0.29, 0.717) is 12.5 Å². The van der Waals surface area contributed by atoms with Crippen LogP contribution in [-0.2, 0) is 14.4 Å². The number of nitrogens with one attached hydrogen (secondary N) is 1. The molecule has 3 aliphatic rings. The maximum atomic E-state index is 12.1. The third-order valence-electron chi connectivity index (χ3n) is 4.63. The Morgan fingerprint density at radius 2 is 1.90 bits per heavy atom. The van der Waals surface area contributed by atoms with Gasteiger partial charge in [-0.05, 0) is 31.6 Å². The summed E-state index contributed by atoms with van der Waals surface area (Å²) in [4.78, 5) is 39.4. The molecule has 2 heterocycles. The van der Waals surface area contributed by atoms with Gasteiger partial charge in [0, 0.05) is 32.6 Å². The molecule has 3 amide bonds. The zero-order chi connectivity index (χ0) is 14.8. The van der Waals surface area contributed by atoms with Crippen molar-refractivity contribution in [3.05, 3.63) is 0 Å². The fraction of sp³-hybridized carbons (Fsp3) is 0.800. The van der Waals surface area contributed by atoms with Crippen LogP contribution < -0.4 is 5.32 Å². The Labute approximate surface area is 124 Å². The Morgan fingerprint density at radius 3 is 2.57 bits per heavy atom. The molecule has 116 valence electrons. The van der Waals surface area contributed by atoms with Crippen molar-refractivity contribution in [1.29, 1.82) is 0 Å². The van der Waals surface area contributed by atoms with Crippen molar-refractivity contribution in [2.24, 2.45) is 11.8 Å². The Morgan fingerprint density at radius 1 is 1.19 bits per heavy atom. The van der Waals surface area contributed by atoms with E-state index in [0.717, 1.165) is 32.5 Å². The molecule has 0 bridgehead atoms. The molecular weight excluding hydrogens is 270 g/mol. The third-order valence-corrected chi connectivity index (χ3v) is 4.63. The van der Waals surface area contributed by atoms with Gasteiger partial charge in [0.15, 0.2) is 0 Å². The maximum absolute atomic E-state index is 12.1. The van der Waals surface area contributed by atoms with Crippen LogP contribution >= 0.6 is 0 Å². The molecule has 0 aromatic heterocycles. The molecule has 3 fully saturated rings. The normalized spacial score (nSPS) is 25.5. The van der Waals surface area contributed by atoms with E-state index in [2.05, 4.69) is 5.32 Å². The van der Waals surface area contributed by atoms with Gasteiger partial charge in [0.1, 0.15) is 0 Å². The smallest absolute Gasteiger partial charge is 0.241 e. The zero-order valence-corrected chi connectivity index (χ0v) is 12.3. The SMILES string of the molecule is O=C(NCC(=O)N1CCCC1)C1CC(=O)N(CC2CC2)C1. The predicted molar refractivity (Wildman–Crippen MR) is 76.2 cm³/mol. The van der Waals surface area contributed by atoms with Crippen LogP contribution in [0.15, 0.2) is 0 Å². The Kier molecular flexibility index (Phi) is 4.12. The highest BCUT2D eigenvalue weighted by atomic mass is 16.2. The summed E-state index contributed by atoms with van der Waals surface area (Å²) in [6.45, 7) is 2.97. The highest BCUT2D eigenvalue weighted by Crippen LogP contribution is 2.31. The van der Waals surface area contributed by atoms with E-state index in [1.54, 1.807) is 4.90 Å². The molecule has 1 atom stereocenters. The molecule has 0 spiro atoms. The Hall–Kier alpha value is -1.59. The van der Waals surface area contributed by atoms with Crippen LogP contribution in [0.25, 0.3) is 0 Å². The number of carbonyl (C=O) groups excluding carboxylic acids is 3. The monoisotopic (exact) mass is 293 g/mol. The molecule has 1 aliphatic carbocycles. The van der Waals surface area contributed by atoms with Crippen molar-refractivity contribution in [2.45, 2.75) is 32.1 Å². The molecule has 21 heavy (non-hydrogen) atoms. The second-order valence-electron chi connectivity index (χ2n) is 6.45. The molecule has 3 rings (SSSR count). The van der Waals surface area contributed by atoms with Crippen LogP contribution in [0, 0.1) is 11.8 Å². The lowest BCUT2D eigenvalue weighted by atomic mass is 10.1. The van der Waals surface area contributed by atoms with E-state index < -0.39 is 0 Å². The van der Waals surface area contributed by atoms with E-state index in [1.807, 2.05) is 4.90 Å². The second kappa shape index (κ2) is 6.03. The molecule has 6 heteroatoms. The standard InChI is InChI=1S/C15H23N3O3/c19-13-7-12(10-18(13)9-11-3-4-11)15(21)16-8-14(20)17-5-1-2-6-17/h11-12H,1-10H2,(H,16,21). The van der Waals surface area contributed by atoms with Gasteiger partial charge in [-0.25, -0.2) is 0 Å². The molecule has 0 aromatic rings. The average molecular weight is 293 g/mol. The highest BCUT2D eigenvalue weighted by molar-refractivity contribution is 5.91. The summed E-state index contributed by atoms with van der Waals surface area (Å²) in [5.74, 6) is 0.261. The van der Waals surface area contributed by atoms with E-state index in [9.17, 15) is 14.4 Å². The number of hydrogen-bond donors (Lipinski definition) is 1. The first-order chi connectivity index (χ1) is 10.1. The summed E-state index contributed by atoms with van der Waals surface area (Å²) in [5.41, 5.74) is 0. The van der Waals surface area contributed by atoms with E-state index in [-0.39, 0.29) is 36.6 Å². The minimum atomic E-state index is -0.289. The van der Waals surface area contributed by atoms with Gasteiger partial charge in [0.2, 0.25) is 17.7 Å². The van der Waals surface area contributed by atoms with Crippen LogP contribution in [0.2, 0.25) is 0 Å². The summed E-state index contributed by atoms with van der Waals surface area (Å²) in [5, 5.41) is 2.70. The Bertz CT molecular complexity index is 441. The lowest BCUT2D eigenvalue weighted by Crippen LogP contribution is -2.41. The molecule has 6 nitrogen and oxygen atoms in total. The molecule has 2 aliphatic heterocycles. The first-order valence-electron chi connectivity index (χ1n) is 7.97. The largest absolute Gasteiger partial charge is 0.347 e. The van der Waals surface area contributed by atoms with Gasteiger partial charge >= 0.3 is 0 Å². The van der Waals surface area contributed by atoms with Gasteiger partial charge in [-0.1, -0.05) is 0 Å². The molecular formula is C15H23N3O3. The first-order valence-corrected chi connectivity index (χ1v) is 7.97. The van der Waals surface area contributed by atoms with E-state index in [1.165, 1.54) is 12.8 Å². The minimum Gasteiger partial charge on any atom is -0.347 e. The fourth-order valence-corrected chi connectivity index (χ4v) is 3.12. The number of nitrogens with zero attached hydrogens (tertiary/aromatic N) is 2. The van der Waals surface area contributed by atoms with Gasteiger partial charge in [-0.2, -0.15) is 0 Å². The van der Waals surface area contributed by atoms with Crippen LogP contribution in [0.1, 0.15) is 32.1 Å². The van der Waals surface area contributed by atoms with Gasteiger partial charge in [0.05, 0.1) is 12.5 Å². The number of likely N-dealkylation sites (tertiary alicyclic amines) is 2. The van der Waals surface area contributed by atoms with Crippen LogP contribution in [-0.4, -0.2) is 60.2 Å². The lowest BCUT2D eigenvalue weighted by molar-refractivity contribution is -0.133. The van der Waals surface area contributed by atoms with Crippen LogP contribution in [0.4, 0.5) is 0 Å². The number of carbonyl (C=O) groups is 3. The lowest BCUT2D eigenvalue weighted by Gasteiger charge is -2.17. The van der Waals surface area contributed by atoms with Crippen molar-refractivity contribution >= 4 is 17.7 Å². The Balaban J connectivity index is 1.42. The van der Waals surface area contributed by atoms with Crippen LogP contribution in [0.5, 0.6) is 0 Å². The molecule has 1 N–H and O–H groups in total. The van der Waals surface area contributed by atoms with Crippen molar-refractivity contribution in [3.8, 4) is 0 Å². The first kappa shape index (κ1) is 14.4. The molecule has 1 unspecified atom stereocenters. The van der Waals surface area contributed by atoms with Crippen LogP contribution in [0.3, 0.4) is 0 Å². The average Bonchev–Trinajstić information content (AvgIpc) is 2.98. The van der Waals surface area contributed by atoms with Crippen molar-refractivity contribution in [1.82, 2.24) is 15.1 Å². The highest BCUT2D eigenvalue weighted by Gasteiger charge is 2.37. The van der Waals surface area contributed by atoms with Gasteiger partial charge in [0.25, 0.3) is 0 Å². The van der Waals surface area contributed by atoms with Gasteiger partial charge in [-0.15, -0.1) is 0 Å². The number of hydrogen-bond acceptors (Lipinski definition) is 3. The quantitative estimate of drug-likeness (QED) is 0.775. The fourth-order valence-electron chi connectivity index (χ4n) is 3.12. The second-order valence-corrected chi connectivity index (χ2v) is 6.45. The minimum absolute atomic E-state index is 0.0139. The number of amides is 3. The maximum Gasteiger partial charge on any atom is 0.241 e. The predicted octanol–water partition coefficient (Wildman–Crippen LogP) is -0.0165. The summed E-state index contributed by atoms with van der Waals surface area (Å²) in [7, 11) is 0. The summed E-state index contributed by atoms with van der Waals surface area (Å²) in [6.07, 6.45) is 4.78. The van der Waals surface area contributed by atoms with E-state index in [4.69, 9.17) is 0 Å². The number of rotatable bonds is 5. The zero-order valence-electron chi connectivity index (χ0n) is 12.3. The molecule has 1 saturated carbocycles. The summed E-state index contributed by atoms with van der Waals surface area (Å²) >= 11 is 0. The molecule has 2 saturated heterocycles. The molecule has 0 radical (unpaired) electrons.